The molecule has 2 aliphatic heterocycles. The van der Waals surface area contributed by atoms with Gasteiger partial charge in [-0.15, -0.1) is 0 Å². The van der Waals surface area contributed by atoms with Crippen molar-refractivity contribution >= 4 is 27.5 Å². The first-order valence-corrected chi connectivity index (χ1v) is 9.59. The number of nitrogens with zero attached hydrogens (tertiary/aromatic N) is 2. The summed E-state index contributed by atoms with van der Waals surface area (Å²) in [6, 6.07) is 6.06. The van der Waals surface area contributed by atoms with Gasteiger partial charge in [0.15, 0.2) is 0 Å². The number of anilines is 1. The number of amides is 2. The number of rotatable bonds is 3. The average Bonchev–Trinajstić information content (AvgIpc) is 2.87. The van der Waals surface area contributed by atoms with E-state index in [-0.39, 0.29) is 36.3 Å². The van der Waals surface area contributed by atoms with E-state index >= 15 is 0 Å². The quantitative estimate of drug-likeness (QED) is 0.859. The number of piperidine rings is 1. The zero-order valence-electron chi connectivity index (χ0n) is 13.2. The van der Waals surface area contributed by atoms with Gasteiger partial charge in [-0.1, -0.05) is 0 Å². The van der Waals surface area contributed by atoms with Gasteiger partial charge in [0.2, 0.25) is 15.9 Å². The SMILES string of the molecule is O=C(c1ccc(N2C(=O)CCS2(=O)=O)cc1)N1CCCC(CO)C1. The van der Waals surface area contributed by atoms with Gasteiger partial charge in [0, 0.05) is 31.7 Å². The van der Waals surface area contributed by atoms with E-state index in [1.54, 1.807) is 17.0 Å². The predicted molar refractivity (Wildman–Crippen MR) is 88.0 cm³/mol. The van der Waals surface area contributed by atoms with Gasteiger partial charge in [-0.3, -0.25) is 9.59 Å². The van der Waals surface area contributed by atoms with Gasteiger partial charge in [0.25, 0.3) is 5.91 Å². The first-order chi connectivity index (χ1) is 11.4. The second-order valence-corrected chi connectivity index (χ2v) is 8.15. The molecular formula is C16H20N2O5S. The van der Waals surface area contributed by atoms with Crippen LogP contribution in [0, 0.1) is 5.92 Å². The molecule has 0 aliphatic carbocycles. The molecule has 0 saturated carbocycles. The van der Waals surface area contributed by atoms with Crippen LogP contribution in [0.4, 0.5) is 5.69 Å². The smallest absolute Gasteiger partial charge is 0.253 e. The van der Waals surface area contributed by atoms with E-state index in [9.17, 15) is 23.1 Å². The number of hydrogen-bond donors (Lipinski definition) is 1. The Hall–Kier alpha value is -1.93. The molecule has 130 valence electrons. The van der Waals surface area contributed by atoms with Crippen molar-refractivity contribution < 1.29 is 23.1 Å². The van der Waals surface area contributed by atoms with Gasteiger partial charge in [-0.25, -0.2) is 12.7 Å². The number of likely N-dealkylation sites (tertiary alicyclic amines) is 1. The van der Waals surface area contributed by atoms with Gasteiger partial charge < -0.3 is 10.0 Å². The standard InChI is InChI=1S/C16H20N2O5S/c19-11-12-2-1-8-17(10-12)16(21)13-3-5-14(6-4-13)18-15(20)7-9-24(18,22)23/h3-6,12,19H,1-2,7-11H2. The molecule has 0 spiro atoms. The molecule has 2 fully saturated rings. The molecule has 24 heavy (non-hydrogen) atoms. The second kappa shape index (κ2) is 6.52. The van der Waals surface area contributed by atoms with Crippen LogP contribution >= 0.6 is 0 Å². The Kier molecular flexibility index (Phi) is 4.60. The highest BCUT2D eigenvalue weighted by Gasteiger charge is 2.36. The van der Waals surface area contributed by atoms with E-state index in [0.717, 1.165) is 17.1 Å². The predicted octanol–water partition coefficient (Wildman–Crippen LogP) is 0.598. The Morgan fingerprint density at radius 3 is 2.54 bits per heavy atom. The third kappa shape index (κ3) is 3.16. The lowest BCUT2D eigenvalue weighted by Gasteiger charge is -2.32. The Morgan fingerprint density at radius 1 is 1.25 bits per heavy atom. The van der Waals surface area contributed by atoms with E-state index < -0.39 is 15.9 Å². The molecule has 7 nitrogen and oxygen atoms in total. The van der Waals surface area contributed by atoms with Crippen molar-refractivity contribution in [3.8, 4) is 0 Å². The van der Waals surface area contributed by atoms with Gasteiger partial charge in [-0.2, -0.15) is 0 Å². The van der Waals surface area contributed by atoms with E-state index in [1.165, 1.54) is 12.1 Å². The van der Waals surface area contributed by atoms with Gasteiger partial charge in [0.1, 0.15) is 0 Å². The summed E-state index contributed by atoms with van der Waals surface area (Å²) in [6.45, 7) is 1.24. The summed E-state index contributed by atoms with van der Waals surface area (Å²) in [6.07, 6.45) is 1.75. The summed E-state index contributed by atoms with van der Waals surface area (Å²) < 4.78 is 24.6. The molecule has 2 aliphatic rings. The highest BCUT2D eigenvalue weighted by molar-refractivity contribution is 7.94. The molecule has 1 aromatic rings. The maximum absolute atomic E-state index is 12.5. The van der Waals surface area contributed by atoms with Crippen molar-refractivity contribution in [3.05, 3.63) is 29.8 Å². The molecule has 2 amide bonds. The molecule has 3 rings (SSSR count). The fourth-order valence-electron chi connectivity index (χ4n) is 3.19. The van der Waals surface area contributed by atoms with Crippen LogP contribution in [0.25, 0.3) is 0 Å². The topological polar surface area (TPSA) is 95.0 Å². The molecular weight excluding hydrogens is 332 g/mol. The minimum absolute atomic E-state index is 0.0145. The molecule has 2 heterocycles. The Labute approximate surface area is 140 Å². The Balaban J connectivity index is 1.77. The molecule has 0 aromatic heterocycles. The summed E-state index contributed by atoms with van der Waals surface area (Å²) in [5, 5.41) is 9.26. The van der Waals surface area contributed by atoms with Crippen LogP contribution in [-0.2, 0) is 14.8 Å². The minimum atomic E-state index is -3.59. The van der Waals surface area contributed by atoms with E-state index in [4.69, 9.17) is 0 Å². The minimum Gasteiger partial charge on any atom is -0.396 e. The molecule has 0 radical (unpaired) electrons. The number of hydrogen-bond acceptors (Lipinski definition) is 5. The lowest BCUT2D eigenvalue weighted by Crippen LogP contribution is -2.40. The van der Waals surface area contributed by atoms with Crippen LogP contribution in [-0.4, -0.2) is 55.7 Å². The summed E-state index contributed by atoms with van der Waals surface area (Å²) in [4.78, 5) is 26.0. The Bertz CT molecular complexity index is 744. The number of sulfonamides is 1. The summed E-state index contributed by atoms with van der Waals surface area (Å²) in [7, 11) is -3.59. The third-order valence-corrected chi connectivity index (χ3v) is 6.18. The number of aliphatic hydroxyl groups excluding tert-OH is 1. The molecule has 1 unspecified atom stereocenters. The van der Waals surface area contributed by atoms with Crippen LogP contribution in [0.3, 0.4) is 0 Å². The Morgan fingerprint density at radius 2 is 1.96 bits per heavy atom. The third-order valence-electron chi connectivity index (χ3n) is 4.49. The maximum atomic E-state index is 12.5. The fraction of sp³-hybridized carbons (Fsp3) is 0.500. The molecule has 1 aromatic carbocycles. The normalized spacial score (nSPS) is 23.5. The zero-order valence-corrected chi connectivity index (χ0v) is 14.0. The van der Waals surface area contributed by atoms with Crippen molar-refractivity contribution in [2.45, 2.75) is 19.3 Å². The van der Waals surface area contributed by atoms with Crippen LogP contribution < -0.4 is 4.31 Å². The van der Waals surface area contributed by atoms with Gasteiger partial charge in [-0.05, 0) is 43.0 Å². The molecule has 1 N–H and O–H groups in total. The summed E-state index contributed by atoms with van der Waals surface area (Å²) >= 11 is 0. The fourth-order valence-corrected chi connectivity index (χ4v) is 4.65. The number of carbonyl (C=O) groups is 2. The number of carbonyl (C=O) groups excluding carboxylic acids is 2. The van der Waals surface area contributed by atoms with Crippen molar-refractivity contribution in [2.24, 2.45) is 5.92 Å². The van der Waals surface area contributed by atoms with Gasteiger partial charge in [0.05, 0.1) is 11.4 Å². The van der Waals surface area contributed by atoms with Crippen LogP contribution in [0.1, 0.15) is 29.6 Å². The number of aliphatic hydroxyl groups is 1. The van der Waals surface area contributed by atoms with Gasteiger partial charge >= 0.3 is 0 Å². The highest BCUT2D eigenvalue weighted by atomic mass is 32.2. The number of benzene rings is 1. The van der Waals surface area contributed by atoms with Crippen LogP contribution in [0.2, 0.25) is 0 Å². The van der Waals surface area contributed by atoms with Crippen molar-refractivity contribution in [1.82, 2.24) is 4.90 Å². The van der Waals surface area contributed by atoms with Crippen molar-refractivity contribution in [2.75, 3.05) is 29.8 Å². The van der Waals surface area contributed by atoms with Crippen molar-refractivity contribution in [3.63, 3.8) is 0 Å². The van der Waals surface area contributed by atoms with Crippen LogP contribution in [0.15, 0.2) is 24.3 Å². The van der Waals surface area contributed by atoms with E-state index in [0.29, 0.717) is 18.7 Å². The lowest BCUT2D eigenvalue weighted by atomic mass is 9.98. The molecule has 8 heteroatoms. The van der Waals surface area contributed by atoms with Crippen molar-refractivity contribution in [1.29, 1.82) is 0 Å². The largest absolute Gasteiger partial charge is 0.396 e. The zero-order chi connectivity index (χ0) is 17.3. The lowest BCUT2D eigenvalue weighted by molar-refractivity contribution is -0.116. The molecule has 2 saturated heterocycles. The first kappa shape index (κ1) is 16.9. The second-order valence-electron chi connectivity index (χ2n) is 6.21. The maximum Gasteiger partial charge on any atom is 0.253 e. The first-order valence-electron chi connectivity index (χ1n) is 7.98. The highest BCUT2D eigenvalue weighted by Crippen LogP contribution is 2.26. The average molecular weight is 352 g/mol. The van der Waals surface area contributed by atoms with E-state index in [1.807, 2.05) is 0 Å². The molecule has 1 atom stereocenters. The summed E-state index contributed by atoms with van der Waals surface area (Å²) in [5.74, 6) is -0.663. The van der Waals surface area contributed by atoms with Crippen LogP contribution in [0.5, 0.6) is 0 Å². The monoisotopic (exact) mass is 352 g/mol. The summed E-state index contributed by atoms with van der Waals surface area (Å²) in [5.41, 5.74) is 0.710. The van der Waals surface area contributed by atoms with E-state index in [2.05, 4.69) is 0 Å². The molecule has 0 bridgehead atoms.